The first kappa shape index (κ1) is 22.7. The van der Waals surface area contributed by atoms with Crippen LogP contribution in [0.5, 0.6) is 5.75 Å². The van der Waals surface area contributed by atoms with Crippen LogP contribution in [0.3, 0.4) is 0 Å². The number of carbonyl (C=O) groups excluding carboxylic acids is 1. The summed E-state index contributed by atoms with van der Waals surface area (Å²) in [5.41, 5.74) is 1.59. The number of nitrogens with zero attached hydrogens (tertiary/aromatic N) is 2. The molecule has 2 unspecified atom stereocenters. The summed E-state index contributed by atoms with van der Waals surface area (Å²) < 4.78 is 31.8. The second-order valence-corrected chi connectivity index (χ2v) is 9.02. The Morgan fingerprint density at radius 3 is 2.47 bits per heavy atom. The maximum Gasteiger partial charge on any atom is 0.228 e. The third kappa shape index (κ3) is 5.27. The van der Waals surface area contributed by atoms with Crippen LogP contribution in [-0.4, -0.2) is 55.5 Å². The Morgan fingerprint density at radius 1 is 1.09 bits per heavy atom. The van der Waals surface area contributed by atoms with E-state index in [2.05, 4.69) is 22.2 Å². The first-order chi connectivity index (χ1) is 15.4. The van der Waals surface area contributed by atoms with Crippen molar-refractivity contribution in [3.8, 4) is 5.75 Å². The van der Waals surface area contributed by atoms with Crippen molar-refractivity contribution >= 4 is 11.6 Å². The molecule has 2 saturated heterocycles. The predicted octanol–water partition coefficient (Wildman–Crippen LogP) is 4.14. The van der Waals surface area contributed by atoms with Gasteiger partial charge in [0, 0.05) is 24.8 Å². The van der Waals surface area contributed by atoms with Crippen LogP contribution < -0.4 is 10.1 Å². The fourth-order valence-corrected chi connectivity index (χ4v) is 5.08. The number of amides is 1. The molecule has 2 aromatic rings. The van der Waals surface area contributed by atoms with Crippen molar-refractivity contribution in [2.45, 2.75) is 31.8 Å². The lowest BCUT2D eigenvalue weighted by Gasteiger charge is -2.37. The lowest BCUT2D eigenvalue weighted by Crippen LogP contribution is -2.41. The van der Waals surface area contributed by atoms with E-state index in [9.17, 15) is 13.6 Å². The number of nitrogens with one attached hydrogen (secondary N) is 1. The Morgan fingerprint density at radius 2 is 1.81 bits per heavy atom. The maximum atomic E-state index is 13.5. The number of benzene rings is 2. The van der Waals surface area contributed by atoms with Gasteiger partial charge in [-0.2, -0.15) is 0 Å². The molecule has 0 radical (unpaired) electrons. The number of carbonyl (C=O) groups is 1. The van der Waals surface area contributed by atoms with Gasteiger partial charge in [0.25, 0.3) is 0 Å². The van der Waals surface area contributed by atoms with Crippen LogP contribution in [0.25, 0.3) is 0 Å². The highest BCUT2D eigenvalue weighted by Crippen LogP contribution is 2.34. The minimum absolute atomic E-state index is 0.0210. The molecule has 7 heteroatoms. The van der Waals surface area contributed by atoms with Gasteiger partial charge in [-0.25, -0.2) is 8.78 Å². The zero-order valence-electron chi connectivity index (χ0n) is 18.7. The standard InChI is InChI=1S/C25H31F2N3O2/c1-29-16-19(25(31)28-20-4-6-21(32-2)7-5-20)14-24(29)18-9-11-30(12-10-18)15-17-3-8-22(26)23(27)13-17/h3-8,13,18-19,24H,9-12,14-16H2,1-2H3,(H,28,31). The molecule has 2 heterocycles. The Labute approximate surface area is 188 Å². The van der Waals surface area contributed by atoms with E-state index in [0.717, 1.165) is 55.9 Å². The van der Waals surface area contributed by atoms with Gasteiger partial charge in [-0.1, -0.05) is 6.07 Å². The number of anilines is 1. The van der Waals surface area contributed by atoms with Crippen molar-refractivity contribution in [1.82, 2.24) is 9.80 Å². The summed E-state index contributed by atoms with van der Waals surface area (Å²) >= 11 is 0. The molecule has 4 rings (SSSR count). The second kappa shape index (κ2) is 9.96. The lowest BCUT2D eigenvalue weighted by molar-refractivity contribution is -0.119. The first-order valence-electron chi connectivity index (χ1n) is 11.2. The predicted molar refractivity (Wildman–Crippen MR) is 121 cm³/mol. The Bertz CT molecular complexity index is 929. The zero-order chi connectivity index (χ0) is 22.7. The number of methoxy groups -OCH3 is 1. The van der Waals surface area contributed by atoms with Crippen LogP contribution in [0.1, 0.15) is 24.8 Å². The minimum atomic E-state index is -0.803. The summed E-state index contributed by atoms with van der Waals surface area (Å²) in [5.74, 6) is -0.238. The SMILES string of the molecule is COc1ccc(NC(=O)C2CC(C3CCN(Cc4ccc(F)c(F)c4)CC3)N(C)C2)cc1. The van der Waals surface area contributed by atoms with Gasteiger partial charge in [0.1, 0.15) is 5.75 Å². The van der Waals surface area contributed by atoms with Crippen molar-refractivity contribution in [2.24, 2.45) is 11.8 Å². The number of likely N-dealkylation sites (tertiary alicyclic amines) is 2. The molecule has 2 aliphatic heterocycles. The highest BCUT2D eigenvalue weighted by Gasteiger charge is 2.39. The van der Waals surface area contributed by atoms with Crippen LogP contribution in [0, 0.1) is 23.5 Å². The van der Waals surface area contributed by atoms with E-state index < -0.39 is 11.6 Å². The Balaban J connectivity index is 1.27. The molecule has 172 valence electrons. The summed E-state index contributed by atoms with van der Waals surface area (Å²) in [7, 11) is 3.73. The Hall–Kier alpha value is -2.51. The van der Waals surface area contributed by atoms with E-state index in [0.29, 0.717) is 18.5 Å². The molecule has 0 bridgehead atoms. The highest BCUT2D eigenvalue weighted by atomic mass is 19.2. The van der Waals surface area contributed by atoms with E-state index in [-0.39, 0.29) is 11.8 Å². The first-order valence-corrected chi connectivity index (χ1v) is 11.2. The van der Waals surface area contributed by atoms with E-state index in [1.807, 2.05) is 24.3 Å². The van der Waals surface area contributed by atoms with Crippen molar-refractivity contribution in [2.75, 3.05) is 39.1 Å². The summed E-state index contributed by atoms with van der Waals surface area (Å²) in [5, 5.41) is 3.04. The van der Waals surface area contributed by atoms with Gasteiger partial charge in [0.05, 0.1) is 13.0 Å². The number of halogens is 2. The molecule has 2 aromatic carbocycles. The lowest BCUT2D eigenvalue weighted by atomic mass is 9.86. The van der Waals surface area contributed by atoms with Crippen LogP contribution in [0.2, 0.25) is 0 Å². The molecule has 0 aromatic heterocycles. The molecule has 2 fully saturated rings. The van der Waals surface area contributed by atoms with Crippen LogP contribution in [0.15, 0.2) is 42.5 Å². The summed E-state index contributed by atoms with van der Waals surface area (Å²) in [6.07, 6.45) is 2.96. The highest BCUT2D eigenvalue weighted by molar-refractivity contribution is 5.93. The van der Waals surface area contributed by atoms with Gasteiger partial charge in [0.2, 0.25) is 5.91 Å². The number of ether oxygens (including phenoxy) is 1. The van der Waals surface area contributed by atoms with Gasteiger partial charge in [-0.05, 0) is 87.3 Å². The number of rotatable bonds is 6. The van der Waals surface area contributed by atoms with Crippen LogP contribution in [0.4, 0.5) is 14.5 Å². The molecule has 5 nitrogen and oxygen atoms in total. The molecular formula is C25H31F2N3O2. The minimum Gasteiger partial charge on any atom is -0.497 e. The molecule has 2 atom stereocenters. The topological polar surface area (TPSA) is 44.8 Å². The molecule has 32 heavy (non-hydrogen) atoms. The zero-order valence-corrected chi connectivity index (χ0v) is 18.7. The summed E-state index contributed by atoms with van der Waals surface area (Å²) in [6, 6.07) is 11.9. The van der Waals surface area contributed by atoms with Crippen LogP contribution in [-0.2, 0) is 11.3 Å². The third-order valence-corrected chi connectivity index (χ3v) is 6.90. The number of hydrogen-bond donors (Lipinski definition) is 1. The molecular weight excluding hydrogens is 412 g/mol. The number of piperidine rings is 1. The third-order valence-electron chi connectivity index (χ3n) is 6.90. The summed E-state index contributed by atoms with van der Waals surface area (Å²) in [4.78, 5) is 17.4. The normalized spacial score (nSPS) is 22.8. The molecule has 1 N–H and O–H groups in total. The molecule has 2 aliphatic rings. The van der Waals surface area contributed by atoms with Gasteiger partial charge >= 0.3 is 0 Å². The average Bonchev–Trinajstić information content (AvgIpc) is 3.19. The van der Waals surface area contributed by atoms with E-state index >= 15 is 0 Å². The quantitative estimate of drug-likeness (QED) is 0.729. The molecule has 0 saturated carbocycles. The van der Waals surface area contributed by atoms with Gasteiger partial charge in [0.15, 0.2) is 11.6 Å². The molecule has 1 amide bonds. The largest absolute Gasteiger partial charge is 0.497 e. The fraction of sp³-hybridized carbons (Fsp3) is 0.480. The average molecular weight is 444 g/mol. The monoisotopic (exact) mass is 443 g/mol. The summed E-state index contributed by atoms with van der Waals surface area (Å²) in [6.45, 7) is 3.26. The molecule has 0 spiro atoms. The van der Waals surface area contributed by atoms with Crippen molar-refractivity contribution in [3.05, 3.63) is 59.7 Å². The number of hydrogen-bond acceptors (Lipinski definition) is 4. The second-order valence-electron chi connectivity index (χ2n) is 9.02. The molecule has 0 aliphatic carbocycles. The van der Waals surface area contributed by atoms with Gasteiger partial charge in [-0.15, -0.1) is 0 Å². The smallest absolute Gasteiger partial charge is 0.228 e. The fourth-order valence-electron chi connectivity index (χ4n) is 5.08. The van der Waals surface area contributed by atoms with Crippen LogP contribution >= 0.6 is 0 Å². The Kier molecular flexibility index (Phi) is 7.06. The van der Waals surface area contributed by atoms with E-state index in [1.165, 1.54) is 12.1 Å². The van der Waals surface area contributed by atoms with Crippen molar-refractivity contribution in [3.63, 3.8) is 0 Å². The van der Waals surface area contributed by atoms with E-state index in [1.54, 1.807) is 13.2 Å². The van der Waals surface area contributed by atoms with Gasteiger partial charge < -0.3 is 15.0 Å². The van der Waals surface area contributed by atoms with Crippen molar-refractivity contribution < 1.29 is 18.3 Å². The van der Waals surface area contributed by atoms with E-state index in [4.69, 9.17) is 4.74 Å². The maximum absolute atomic E-state index is 13.5. The van der Waals surface area contributed by atoms with Gasteiger partial charge in [-0.3, -0.25) is 9.69 Å². The van der Waals surface area contributed by atoms with Crippen molar-refractivity contribution in [1.29, 1.82) is 0 Å².